The molecule has 2 N–H and O–H groups in total. The zero-order valence-electron chi connectivity index (χ0n) is 11.9. The molecule has 0 radical (unpaired) electrons. The normalized spacial score (nSPS) is 42.0. The number of hydrogen-bond donors (Lipinski definition) is 2. The molecule has 0 amide bonds. The molecule has 2 aliphatic heterocycles. The number of aromatic hydroxyl groups is 1. The van der Waals surface area contributed by atoms with Crippen LogP contribution in [0.1, 0.15) is 30.4 Å². The Hall–Kier alpha value is -0.860. The van der Waals surface area contributed by atoms with Crippen molar-refractivity contribution in [1.29, 1.82) is 0 Å². The van der Waals surface area contributed by atoms with Crippen LogP contribution in [0.2, 0.25) is 0 Å². The third kappa shape index (κ3) is 1.24. The highest BCUT2D eigenvalue weighted by Crippen LogP contribution is 2.65. The van der Waals surface area contributed by atoms with Crippen LogP contribution in [-0.2, 0) is 16.6 Å². The third-order valence-electron chi connectivity index (χ3n) is 6.19. The molecule has 116 valence electrons. The Labute approximate surface area is 141 Å². The van der Waals surface area contributed by atoms with Gasteiger partial charge in [0.25, 0.3) is 0 Å². The second-order valence-electron chi connectivity index (χ2n) is 6.90. The highest BCUT2D eigenvalue weighted by Gasteiger charge is 2.73. The number of hydrogen-bond acceptors (Lipinski definition) is 5. The molecule has 0 unspecified atom stereocenters. The van der Waals surface area contributed by atoms with Gasteiger partial charge in [0, 0.05) is 41.4 Å². The lowest BCUT2D eigenvalue weighted by molar-refractivity contribution is -0.174. The summed E-state index contributed by atoms with van der Waals surface area (Å²) in [5, 5.41) is 21.8. The van der Waals surface area contributed by atoms with Crippen molar-refractivity contribution in [2.45, 2.75) is 48.8 Å². The standard InChI is InChI=1S/C16H16INO4/c17-18-6-5-15-12-8-1-2-9(19)13(12)22-14(15)10(20)3-4-16(15,21)11(18)7-8/h1-2,11,14,19,21H,3-7H2/t11-,14+,15+,16-/m0/s1. The van der Waals surface area contributed by atoms with Crippen LogP contribution in [0.3, 0.4) is 0 Å². The van der Waals surface area contributed by atoms with E-state index >= 15 is 0 Å². The lowest BCUT2D eigenvalue weighted by Gasteiger charge is -2.61. The molecule has 2 bridgehead atoms. The number of nitrogens with zero attached hydrogens (tertiary/aromatic N) is 1. The zero-order valence-corrected chi connectivity index (χ0v) is 14.0. The third-order valence-corrected chi connectivity index (χ3v) is 7.35. The number of rotatable bonds is 0. The second-order valence-corrected chi connectivity index (χ2v) is 8.14. The Kier molecular flexibility index (Phi) is 2.44. The minimum Gasteiger partial charge on any atom is -0.504 e. The monoisotopic (exact) mass is 413 g/mol. The molecule has 2 fully saturated rings. The largest absolute Gasteiger partial charge is 0.504 e. The number of piperidine rings is 1. The lowest BCUT2D eigenvalue weighted by atomic mass is 9.49. The lowest BCUT2D eigenvalue weighted by Crippen LogP contribution is -2.75. The quantitative estimate of drug-likeness (QED) is 0.498. The van der Waals surface area contributed by atoms with Gasteiger partial charge in [0.15, 0.2) is 23.4 Å². The van der Waals surface area contributed by atoms with Gasteiger partial charge in [0.2, 0.25) is 0 Å². The number of carbonyl (C=O) groups is 1. The van der Waals surface area contributed by atoms with E-state index in [0.717, 1.165) is 24.1 Å². The minimum absolute atomic E-state index is 0.0101. The van der Waals surface area contributed by atoms with E-state index in [-0.39, 0.29) is 17.6 Å². The molecule has 0 aromatic heterocycles. The van der Waals surface area contributed by atoms with E-state index < -0.39 is 17.1 Å². The van der Waals surface area contributed by atoms with E-state index in [0.29, 0.717) is 25.0 Å². The van der Waals surface area contributed by atoms with Crippen LogP contribution in [0.5, 0.6) is 11.5 Å². The second kappa shape index (κ2) is 3.96. The number of carbonyl (C=O) groups excluding carboxylic acids is 1. The molecule has 1 saturated heterocycles. The maximum Gasteiger partial charge on any atom is 0.174 e. The van der Waals surface area contributed by atoms with Crippen molar-refractivity contribution in [3.05, 3.63) is 23.3 Å². The van der Waals surface area contributed by atoms with Gasteiger partial charge in [-0.3, -0.25) is 4.79 Å². The number of Topliss-reactive ketones (excluding diaryl/α,β-unsaturated/α-hetero) is 1. The van der Waals surface area contributed by atoms with E-state index in [1.165, 1.54) is 0 Å². The average molecular weight is 413 g/mol. The molecule has 5 rings (SSSR count). The topological polar surface area (TPSA) is 70.0 Å². The Morgan fingerprint density at radius 3 is 3.00 bits per heavy atom. The Balaban J connectivity index is 1.88. The van der Waals surface area contributed by atoms with Gasteiger partial charge >= 0.3 is 0 Å². The minimum atomic E-state index is -0.961. The summed E-state index contributed by atoms with van der Waals surface area (Å²) in [5.74, 6) is 0.554. The highest BCUT2D eigenvalue weighted by molar-refractivity contribution is 14.1. The van der Waals surface area contributed by atoms with Crippen LogP contribution in [0.25, 0.3) is 0 Å². The summed E-state index contributed by atoms with van der Waals surface area (Å²) in [6.07, 6.45) is 1.58. The van der Waals surface area contributed by atoms with Crippen LogP contribution in [0.4, 0.5) is 0 Å². The molecule has 1 saturated carbocycles. The Morgan fingerprint density at radius 2 is 2.18 bits per heavy atom. The number of phenols is 1. The van der Waals surface area contributed by atoms with Crippen LogP contribution in [0, 0.1) is 0 Å². The van der Waals surface area contributed by atoms with Gasteiger partial charge < -0.3 is 14.9 Å². The number of aliphatic hydroxyl groups is 1. The Bertz CT molecular complexity index is 722. The number of benzene rings is 1. The van der Waals surface area contributed by atoms with Gasteiger partial charge in [-0.2, -0.15) is 0 Å². The van der Waals surface area contributed by atoms with Gasteiger partial charge in [0.1, 0.15) is 0 Å². The molecular formula is C16H16INO4. The number of phenolic OH excluding ortho intramolecular Hbond substituents is 1. The summed E-state index contributed by atoms with van der Waals surface area (Å²) in [5.41, 5.74) is 0.350. The van der Waals surface area contributed by atoms with Gasteiger partial charge in [-0.1, -0.05) is 6.07 Å². The van der Waals surface area contributed by atoms with Crippen molar-refractivity contribution < 1.29 is 19.7 Å². The van der Waals surface area contributed by atoms with Crippen molar-refractivity contribution in [1.82, 2.24) is 3.11 Å². The van der Waals surface area contributed by atoms with Crippen LogP contribution in [-0.4, -0.2) is 43.4 Å². The fraction of sp³-hybridized carbons (Fsp3) is 0.562. The first-order valence-corrected chi connectivity index (χ1v) is 8.65. The van der Waals surface area contributed by atoms with Crippen molar-refractivity contribution in [3.8, 4) is 11.5 Å². The molecule has 1 aromatic rings. The number of halogens is 1. The van der Waals surface area contributed by atoms with Gasteiger partial charge in [-0.15, -0.1) is 0 Å². The molecule has 1 aromatic carbocycles. The molecular weight excluding hydrogens is 397 g/mol. The maximum atomic E-state index is 12.5. The van der Waals surface area contributed by atoms with Crippen LogP contribution < -0.4 is 4.74 Å². The van der Waals surface area contributed by atoms with E-state index in [4.69, 9.17) is 4.74 Å². The smallest absolute Gasteiger partial charge is 0.174 e. The molecule has 2 aliphatic carbocycles. The van der Waals surface area contributed by atoms with Gasteiger partial charge in [-0.25, -0.2) is 3.11 Å². The van der Waals surface area contributed by atoms with Crippen molar-refractivity contribution >= 4 is 28.6 Å². The highest BCUT2D eigenvalue weighted by atomic mass is 127. The van der Waals surface area contributed by atoms with Gasteiger partial charge in [0.05, 0.1) is 17.1 Å². The van der Waals surface area contributed by atoms with Crippen molar-refractivity contribution in [2.24, 2.45) is 0 Å². The molecule has 1 spiro atoms. The van der Waals surface area contributed by atoms with Crippen LogP contribution >= 0.6 is 22.9 Å². The molecule has 22 heavy (non-hydrogen) atoms. The predicted octanol–water partition coefficient (Wildman–Crippen LogP) is 1.47. The van der Waals surface area contributed by atoms with E-state index in [1.807, 2.05) is 6.07 Å². The van der Waals surface area contributed by atoms with E-state index in [1.54, 1.807) is 6.07 Å². The summed E-state index contributed by atoms with van der Waals surface area (Å²) in [7, 11) is 0. The summed E-state index contributed by atoms with van der Waals surface area (Å²) < 4.78 is 8.13. The number of ether oxygens (including phenoxy) is 1. The summed E-state index contributed by atoms with van der Waals surface area (Å²) in [4.78, 5) is 12.5. The first kappa shape index (κ1) is 13.6. The molecule has 4 aliphatic rings. The van der Waals surface area contributed by atoms with Crippen LogP contribution in [0.15, 0.2) is 12.1 Å². The predicted molar refractivity (Wildman–Crippen MR) is 86.2 cm³/mol. The van der Waals surface area contributed by atoms with Crippen molar-refractivity contribution in [2.75, 3.05) is 6.54 Å². The summed E-state index contributed by atoms with van der Waals surface area (Å²) >= 11 is 2.29. The molecule has 4 atom stereocenters. The molecule has 5 nitrogen and oxygen atoms in total. The zero-order chi connectivity index (χ0) is 15.3. The first-order valence-electron chi connectivity index (χ1n) is 7.68. The SMILES string of the molecule is O=C1CC[C@]2(O)[C@@H]3Cc4ccc(O)c5c4[C@]2(CCN3I)[C@@H]1O5. The fourth-order valence-corrected chi connectivity index (χ4v) is 6.17. The number of ketones is 1. The van der Waals surface area contributed by atoms with E-state index in [2.05, 4.69) is 26.0 Å². The maximum absolute atomic E-state index is 12.5. The fourth-order valence-electron chi connectivity index (χ4n) is 5.28. The molecule has 6 heteroatoms. The summed E-state index contributed by atoms with van der Waals surface area (Å²) in [6.45, 7) is 0.815. The Morgan fingerprint density at radius 1 is 1.36 bits per heavy atom. The van der Waals surface area contributed by atoms with Crippen molar-refractivity contribution in [3.63, 3.8) is 0 Å². The summed E-state index contributed by atoms with van der Waals surface area (Å²) in [6, 6.07) is 3.55. The average Bonchev–Trinajstić information content (AvgIpc) is 2.85. The van der Waals surface area contributed by atoms with Gasteiger partial charge in [-0.05, 0) is 30.9 Å². The van der Waals surface area contributed by atoms with E-state index in [9.17, 15) is 15.0 Å². The molecule has 2 heterocycles. The first-order chi connectivity index (χ1) is 10.5.